The fraction of sp³-hybridized carbons (Fsp3) is 0.273. The highest BCUT2D eigenvalue weighted by Crippen LogP contribution is 2.50. The fourth-order valence-electron chi connectivity index (χ4n) is 1.90. The Kier molecular flexibility index (Phi) is 3.36. The Morgan fingerprint density at radius 2 is 1.64 bits per heavy atom. The van der Waals surface area contributed by atoms with E-state index >= 15 is 0 Å². The lowest BCUT2D eigenvalue weighted by Crippen LogP contribution is -2.53. The minimum atomic E-state index is -6.02. The van der Waals surface area contributed by atoms with Gasteiger partial charge in [-0.1, -0.05) is 6.07 Å². The van der Waals surface area contributed by atoms with Gasteiger partial charge in [-0.05, 0) is 12.1 Å². The molecule has 0 bridgehead atoms. The van der Waals surface area contributed by atoms with Crippen LogP contribution in [0.3, 0.4) is 0 Å². The van der Waals surface area contributed by atoms with Crippen LogP contribution in [0.2, 0.25) is 0 Å². The maximum atomic E-state index is 12.7. The van der Waals surface area contributed by atoms with Gasteiger partial charge in [0, 0.05) is 10.9 Å². The molecule has 0 amide bonds. The molecule has 120 valence electrons. The van der Waals surface area contributed by atoms with Crippen LogP contribution in [-0.4, -0.2) is 38.7 Å². The molecule has 0 saturated carbocycles. The number of carboxylic acids is 1. The van der Waals surface area contributed by atoms with E-state index in [2.05, 4.69) is 5.10 Å². The molecular weight excluding hydrogens is 322 g/mol. The van der Waals surface area contributed by atoms with Crippen molar-refractivity contribution in [2.45, 2.75) is 18.0 Å². The van der Waals surface area contributed by atoms with Gasteiger partial charge in [-0.25, -0.2) is 4.79 Å². The van der Waals surface area contributed by atoms with E-state index in [-0.39, 0.29) is 10.9 Å². The van der Waals surface area contributed by atoms with Crippen LogP contribution < -0.4 is 0 Å². The maximum absolute atomic E-state index is 12.7. The number of halogens is 6. The van der Waals surface area contributed by atoms with Crippen LogP contribution in [0, 0.1) is 0 Å². The molecular formula is C11H6F6N2O3. The van der Waals surface area contributed by atoms with Gasteiger partial charge in [0.1, 0.15) is 0 Å². The number of hydrogen-bond donors (Lipinski definition) is 3. The number of H-pyrrole nitrogens is 1. The van der Waals surface area contributed by atoms with Crippen molar-refractivity contribution in [1.29, 1.82) is 0 Å². The van der Waals surface area contributed by atoms with Crippen molar-refractivity contribution in [2.24, 2.45) is 0 Å². The summed E-state index contributed by atoms with van der Waals surface area (Å²) in [5.41, 5.74) is -7.53. The van der Waals surface area contributed by atoms with Crippen molar-refractivity contribution in [3.05, 3.63) is 29.5 Å². The Labute approximate surface area is 117 Å². The lowest BCUT2D eigenvalue weighted by Gasteiger charge is -2.32. The van der Waals surface area contributed by atoms with Gasteiger partial charge in [-0.15, -0.1) is 0 Å². The third kappa shape index (κ3) is 2.17. The maximum Gasteiger partial charge on any atom is 0.430 e. The van der Waals surface area contributed by atoms with Gasteiger partial charge in [0.05, 0.1) is 5.52 Å². The first kappa shape index (κ1) is 16.1. The van der Waals surface area contributed by atoms with Gasteiger partial charge < -0.3 is 10.2 Å². The largest absolute Gasteiger partial charge is 0.476 e. The van der Waals surface area contributed by atoms with Crippen molar-refractivity contribution >= 4 is 16.9 Å². The minimum Gasteiger partial charge on any atom is -0.476 e. The molecule has 0 aliphatic carbocycles. The molecule has 3 N–H and O–H groups in total. The number of alkyl halides is 6. The molecule has 2 rings (SSSR count). The van der Waals surface area contributed by atoms with E-state index in [1.165, 1.54) is 0 Å². The molecule has 2 aromatic rings. The smallest absolute Gasteiger partial charge is 0.430 e. The van der Waals surface area contributed by atoms with E-state index in [1.807, 2.05) is 5.10 Å². The Balaban J connectivity index is 2.70. The number of fused-ring (bicyclic) bond motifs is 1. The zero-order valence-corrected chi connectivity index (χ0v) is 10.2. The number of aromatic amines is 1. The third-order valence-electron chi connectivity index (χ3n) is 3.00. The summed E-state index contributed by atoms with van der Waals surface area (Å²) in [6.07, 6.45) is -12.0. The number of nitrogens with one attached hydrogen (secondary N) is 1. The molecule has 0 aliphatic rings. The number of aromatic nitrogens is 2. The topological polar surface area (TPSA) is 86.2 Å². The highest BCUT2D eigenvalue weighted by Gasteiger charge is 2.71. The fourth-order valence-corrected chi connectivity index (χ4v) is 1.90. The molecule has 22 heavy (non-hydrogen) atoms. The number of nitrogens with zero attached hydrogens (tertiary/aromatic N) is 1. The van der Waals surface area contributed by atoms with E-state index in [1.54, 1.807) is 0 Å². The SMILES string of the molecule is O=C(O)c1n[nH]c2cc(C(O)(C(F)(F)F)C(F)(F)F)ccc12. The van der Waals surface area contributed by atoms with Crippen LogP contribution in [0.4, 0.5) is 26.3 Å². The second-order valence-electron chi connectivity index (χ2n) is 4.34. The van der Waals surface area contributed by atoms with Crippen molar-refractivity contribution in [3.63, 3.8) is 0 Å². The molecule has 0 aliphatic heterocycles. The molecule has 1 aromatic heterocycles. The van der Waals surface area contributed by atoms with Crippen LogP contribution in [0.15, 0.2) is 18.2 Å². The zero-order chi connectivity index (χ0) is 16.9. The van der Waals surface area contributed by atoms with Gasteiger partial charge in [-0.3, -0.25) is 5.10 Å². The van der Waals surface area contributed by atoms with E-state index in [0.717, 1.165) is 0 Å². The summed E-state index contributed by atoms with van der Waals surface area (Å²) in [6, 6.07) is 1.42. The quantitative estimate of drug-likeness (QED) is 0.740. The summed E-state index contributed by atoms with van der Waals surface area (Å²) in [6.45, 7) is 0. The predicted octanol–water partition coefficient (Wildman–Crippen LogP) is 2.57. The van der Waals surface area contributed by atoms with Gasteiger partial charge in [-0.2, -0.15) is 31.4 Å². The molecule has 0 saturated heterocycles. The normalized spacial score (nSPS) is 13.6. The Bertz CT molecular complexity index is 719. The third-order valence-corrected chi connectivity index (χ3v) is 3.00. The van der Waals surface area contributed by atoms with Crippen molar-refractivity contribution in [2.75, 3.05) is 0 Å². The molecule has 1 heterocycles. The lowest BCUT2D eigenvalue weighted by molar-refractivity contribution is -0.376. The van der Waals surface area contributed by atoms with E-state index in [4.69, 9.17) is 5.11 Å². The second-order valence-corrected chi connectivity index (χ2v) is 4.34. The standard InChI is InChI=1S/C11H6F6N2O3/c12-10(13,14)9(22,11(15,16)17)4-1-2-5-6(3-4)18-19-7(5)8(20)21/h1-3,22H,(H,18,19)(H,20,21). The van der Waals surface area contributed by atoms with Crippen LogP contribution in [0.25, 0.3) is 10.9 Å². The number of hydrogen-bond acceptors (Lipinski definition) is 3. The Morgan fingerprint density at radius 3 is 2.09 bits per heavy atom. The van der Waals surface area contributed by atoms with Crippen molar-refractivity contribution in [3.8, 4) is 0 Å². The van der Waals surface area contributed by atoms with Crippen LogP contribution in [-0.2, 0) is 5.60 Å². The predicted molar refractivity (Wildman–Crippen MR) is 59.1 cm³/mol. The molecule has 11 heteroatoms. The first-order valence-electron chi connectivity index (χ1n) is 5.47. The number of rotatable bonds is 2. The summed E-state index contributed by atoms with van der Waals surface area (Å²) in [4.78, 5) is 10.8. The van der Waals surface area contributed by atoms with Gasteiger partial charge >= 0.3 is 18.3 Å². The lowest BCUT2D eigenvalue weighted by atomic mass is 9.91. The summed E-state index contributed by atoms with van der Waals surface area (Å²) in [7, 11) is 0. The summed E-state index contributed by atoms with van der Waals surface area (Å²) in [5, 5.41) is 23.1. The van der Waals surface area contributed by atoms with Gasteiger partial charge in [0.2, 0.25) is 0 Å². The summed E-state index contributed by atoms with van der Waals surface area (Å²) in [5.74, 6) is -1.51. The molecule has 0 fully saturated rings. The highest BCUT2D eigenvalue weighted by molar-refractivity contribution is 6.01. The number of aliphatic hydroxyl groups is 1. The molecule has 1 aromatic carbocycles. The summed E-state index contributed by atoms with van der Waals surface area (Å²) >= 11 is 0. The van der Waals surface area contributed by atoms with Gasteiger partial charge in [0.15, 0.2) is 5.69 Å². The Morgan fingerprint density at radius 1 is 1.09 bits per heavy atom. The molecule has 0 radical (unpaired) electrons. The number of carbonyl (C=O) groups is 1. The first-order valence-corrected chi connectivity index (χ1v) is 5.47. The van der Waals surface area contributed by atoms with E-state index in [9.17, 15) is 36.2 Å². The van der Waals surface area contributed by atoms with Crippen molar-refractivity contribution < 1.29 is 41.4 Å². The minimum absolute atomic E-state index is 0.192. The Hall–Kier alpha value is -2.30. The van der Waals surface area contributed by atoms with Crippen molar-refractivity contribution in [1.82, 2.24) is 10.2 Å². The van der Waals surface area contributed by atoms with E-state index < -0.39 is 35.2 Å². The average molecular weight is 328 g/mol. The second kappa shape index (κ2) is 4.60. The molecule has 0 unspecified atom stereocenters. The first-order chi connectivity index (χ1) is 9.89. The van der Waals surface area contributed by atoms with Crippen LogP contribution in [0.1, 0.15) is 16.1 Å². The molecule has 0 atom stereocenters. The highest BCUT2D eigenvalue weighted by atomic mass is 19.4. The zero-order valence-electron chi connectivity index (χ0n) is 10.2. The number of benzene rings is 1. The number of carboxylic acid groups (broad SMARTS) is 1. The van der Waals surface area contributed by atoms with E-state index in [0.29, 0.717) is 18.2 Å². The summed E-state index contributed by atoms with van der Waals surface area (Å²) < 4.78 is 76.4. The van der Waals surface area contributed by atoms with Crippen LogP contribution >= 0.6 is 0 Å². The monoisotopic (exact) mass is 328 g/mol. The van der Waals surface area contributed by atoms with Gasteiger partial charge in [0.25, 0.3) is 5.60 Å². The molecule has 0 spiro atoms. The van der Waals surface area contributed by atoms with Crippen LogP contribution in [0.5, 0.6) is 0 Å². The molecule has 5 nitrogen and oxygen atoms in total. The number of aromatic carboxylic acids is 1. The average Bonchev–Trinajstić information content (AvgIpc) is 2.77.